The normalized spacial score (nSPS) is 19.3. The summed E-state index contributed by atoms with van der Waals surface area (Å²) in [6, 6.07) is 6.77. The molecule has 1 N–H and O–H groups in total. The van der Waals surface area contributed by atoms with Crippen molar-refractivity contribution in [3.63, 3.8) is 0 Å². The number of rotatable bonds is 4. The van der Waals surface area contributed by atoms with Crippen LogP contribution in [0.4, 0.5) is 5.69 Å². The number of fused-ring (bicyclic) bond motifs is 1. The second kappa shape index (κ2) is 7.00. The standard InChI is InChI=1S/C17H14N2O5S2/c1-9(20)19-11-6-3-2-5-10(11)13(15(19)23)14-16(24)18(17(25)26-14)8-4-7-12(21)22/h2-3,5-6H,4,7-8H2,1H3,(H,21,22)/b14-13-. The van der Waals surface area contributed by atoms with E-state index in [4.69, 9.17) is 17.3 Å². The van der Waals surface area contributed by atoms with Crippen LogP contribution in [0.5, 0.6) is 0 Å². The Morgan fingerprint density at radius 3 is 2.54 bits per heavy atom. The van der Waals surface area contributed by atoms with Crippen molar-refractivity contribution in [1.29, 1.82) is 0 Å². The van der Waals surface area contributed by atoms with Gasteiger partial charge in [0, 0.05) is 25.5 Å². The Labute approximate surface area is 158 Å². The van der Waals surface area contributed by atoms with E-state index < -0.39 is 23.7 Å². The SMILES string of the molecule is CC(=O)N1C(=O)/C(=C2\SC(=S)N(CCCC(=O)O)C2=O)c2ccccc21. The molecule has 0 aliphatic carbocycles. The summed E-state index contributed by atoms with van der Waals surface area (Å²) in [6.07, 6.45) is 0.178. The summed E-state index contributed by atoms with van der Waals surface area (Å²) in [4.78, 5) is 50.6. The molecule has 3 rings (SSSR count). The average molecular weight is 390 g/mol. The van der Waals surface area contributed by atoms with Gasteiger partial charge in [-0.1, -0.05) is 42.2 Å². The van der Waals surface area contributed by atoms with Gasteiger partial charge in [0.05, 0.1) is 16.2 Å². The van der Waals surface area contributed by atoms with Gasteiger partial charge in [-0.3, -0.25) is 24.1 Å². The minimum Gasteiger partial charge on any atom is -0.481 e. The third kappa shape index (κ3) is 3.04. The smallest absolute Gasteiger partial charge is 0.303 e. The zero-order chi connectivity index (χ0) is 19.0. The first-order valence-electron chi connectivity index (χ1n) is 7.77. The third-order valence-electron chi connectivity index (χ3n) is 3.99. The lowest BCUT2D eigenvalue weighted by Gasteiger charge is -2.13. The molecule has 0 atom stereocenters. The maximum atomic E-state index is 12.8. The Morgan fingerprint density at radius 1 is 1.19 bits per heavy atom. The van der Waals surface area contributed by atoms with Gasteiger partial charge in [-0.2, -0.15) is 0 Å². The molecule has 2 aliphatic rings. The van der Waals surface area contributed by atoms with E-state index in [0.29, 0.717) is 11.3 Å². The fraction of sp³-hybridized carbons (Fsp3) is 0.235. The van der Waals surface area contributed by atoms with Crippen LogP contribution >= 0.6 is 24.0 Å². The number of thiocarbonyl (C=S) groups is 1. The van der Waals surface area contributed by atoms with Crippen molar-refractivity contribution in [2.24, 2.45) is 0 Å². The molecule has 0 aromatic heterocycles. The van der Waals surface area contributed by atoms with Crippen molar-refractivity contribution in [1.82, 2.24) is 4.90 Å². The van der Waals surface area contributed by atoms with Gasteiger partial charge < -0.3 is 5.11 Å². The molecule has 1 fully saturated rings. The second-order valence-corrected chi connectivity index (χ2v) is 7.35. The highest BCUT2D eigenvalue weighted by Gasteiger charge is 2.42. The van der Waals surface area contributed by atoms with E-state index >= 15 is 0 Å². The molecule has 0 saturated carbocycles. The van der Waals surface area contributed by atoms with Crippen LogP contribution in [0, 0.1) is 0 Å². The lowest BCUT2D eigenvalue weighted by Crippen LogP contribution is -2.32. The number of carbonyl (C=O) groups excluding carboxylic acids is 3. The van der Waals surface area contributed by atoms with E-state index in [1.807, 2.05) is 0 Å². The van der Waals surface area contributed by atoms with Gasteiger partial charge in [0.1, 0.15) is 4.32 Å². The van der Waals surface area contributed by atoms with Gasteiger partial charge >= 0.3 is 5.97 Å². The van der Waals surface area contributed by atoms with E-state index in [-0.39, 0.29) is 34.2 Å². The molecule has 9 heteroatoms. The van der Waals surface area contributed by atoms with Crippen molar-refractivity contribution in [3.8, 4) is 0 Å². The first-order chi connectivity index (χ1) is 12.3. The highest BCUT2D eigenvalue weighted by Crippen LogP contribution is 2.44. The number of nitrogens with zero attached hydrogens (tertiary/aromatic N) is 2. The summed E-state index contributed by atoms with van der Waals surface area (Å²) < 4.78 is 0.273. The zero-order valence-electron chi connectivity index (χ0n) is 13.7. The Morgan fingerprint density at radius 2 is 1.88 bits per heavy atom. The molecule has 1 saturated heterocycles. The number of amides is 3. The van der Waals surface area contributed by atoms with Gasteiger partial charge in [-0.25, -0.2) is 4.90 Å². The molecule has 7 nitrogen and oxygen atoms in total. The molecule has 2 heterocycles. The summed E-state index contributed by atoms with van der Waals surface area (Å²) in [5.41, 5.74) is 1.11. The van der Waals surface area contributed by atoms with Crippen molar-refractivity contribution >= 4 is 63.3 Å². The minimum absolute atomic E-state index is 0.0805. The quantitative estimate of drug-likeness (QED) is 0.621. The number of aliphatic carboxylic acids is 1. The average Bonchev–Trinajstić information content (AvgIpc) is 3.01. The van der Waals surface area contributed by atoms with Crippen LogP contribution in [0.2, 0.25) is 0 Å². The topological polar surface area (TPSA) is 95.0 Å². The van der Waals surface area contributed by atoms with Gasteiger partial charge in [0.2, 0.25) is 5.91 Å². The van der Waals surface area contributed by atoms with Crippen molar-refractivity contribution in [3.05, 3.63) is 34.7 Å². The fourth-order valence-corrected chi connectivity index (χ4v) is 4.26. The van der Waals surface area contributed by atoms with E-state index in [0.717, 1.165) is 16.7 Å². The van der Waals surface area contributed by atoms with Crippen LogP contribution in [0.1, 0.15) is 25.3 Å². The maximum absolute atomic E-state index is 12.8. The van der Waals surface area contributed by atoms with Crippen molar-refractivity contribution < 1.29 is 24.3 Å². The Balaban J connectivity index is 1.99. The van der Waals surface area contributed by atoms with E-state index in [9.17, 15) is 19.2 Å². The molecule has 134 valence electrons. The monoisotopic (exact) mass is 390 g/mol. The van der Waals surface area contributed by atoms with Crippen molar-refractivity contribution in [2.75, 3.05) is 11.4 Å². The Hall–Kier alpha value is -2.52. The first kappa shape index (κ1) is 18.3. The number of para-hydroxylation sites is 1. The lowest BCUT2D eigenvalue weighted by molar-refractivity contribution is -0.137. The molecule has 26 heavy (non-hydrogen) atoms. The number of carboxylic acids is 1. The minimum atomic E-state index is -0.953. The van der Waals surface area contributed by atoms with Crippen LogP contribution in [-0.4, -0.2) is 44.6 Å². The number of carboxylic acid groups (broad SMARTS) is 1. The Bertz CT molecular complexity index is 893. The highest BCUT2D eigenvalue weighted by molar-refractivity contribution is 8.26. The maximum Gasteiger partial charge on any atom is 0.303 e. The number of anilines is 1. The van der Waals surface area contributed by atoms with Gasteiger partial charge in [-0.05, 0) is 12.5 Å². The van der Waals surface area contributed by atoms with Gasteiger partial charge in [0.15, 0.2) is 0 Å². The second-order valence-electron chi connectivity index (χ2n) is 5.70. The van der Waals surface area contributed by atoms with Crippen LogP contribution in [0.3, 0.4) is 0 Å². The molecule has 3 amide bonds. The molecule has 0 bridgehead atoms. The summed E-state index contributed by atoms with van der Waals surface area (Å²) in [5, 5.41) is 8.74. The number of imide groups is 1. The first-order valence-corrected chi connectivity index (χ1v) is 8.99. The molecule has 2 aliphatic heterocycles. The highest BCUT2D eigenvalue weighted by atomic mass is 32.2. The van der Waals surface area contributed by atoms with Crippen LogP contribution in [-0.2, 0) is 19.2 Å². The van der Waals surface area contributed by atoms with Gasteiger partial charge in [-0.15, -0.1) is 0 Å². The number of carbonyl (C=O) groups is 4. The zero-order valence-corrected chi connectivity index (χ0v) is 15.4. The number of hydrogen-bond donors (Lipinski definition) is 1. The number of benzene rings is 1. The predicted molar refractivity (Wildman–Crippen MR) is 100 cm³/mol. The lowest BCUT2D eigenvalue weighted by atomic mass is 10.1. The molecule has 1 aromatic carbocycles. The largest absolute Gasteiger partial charge is 0.481 e. The van der Waals surface area contributed by atoms with Crippen LogP contribution < -0.4 is 4.90 Å². The summed E-state index contributed by atoms with van der Waals surface area (Å²) in [7, 11) is 0. The van der Waals surface area contributed by atoms with Crippen LogP contribution in [0.15, 0.2) is 29.2 Å². The summed E-state index contributed by atoms with van der Waals surface area (Å²) in [5.74, 6) is -2.38. The Kier molecular flexibility index (Phi) is 4.92. The van der Waals surface area contributed by atoms with Gasteiger partial charge in [0.25, 0.3) is 11.8 Å². The summed E-state index contributed by atoms with van der Waals surface area (Å²) >= 11 is 6.22. The predicted octanol–water partition coefficient (Wildman–Crippen LogP) is 2.02. The number of hydrogen-bond acceptors (Lipinski definition) is 6. The molecule has 0 radical (unpaired) electrons. The molecule has 0 spiro atoms. The molecule has 1 aromatic rings. The van der Waals surface area contributed by atoms with E-state index in [1.165, 1.54) is 11.8 Å². The molecular weight excluding hydrogens is 376 g/mol. The molecule has 0 unspecified atom stereocenters. The van der Waals surface area contributed by atoms with Crippen molar-refractivity contribution in [2.45, 2.75) is 19.8 Å². The number of thioether (sulfide) groups is 1. The van der Waals surface area contributed by atoms with E-state index in [2.05, 4.69) is 0 Å². The van der Waals surface area contributed by atoms with E-state index in [1.54, 1.807) is 24.3 Å². The fourth-order valence-electron chi connectivity index (χ4n) is 2.88. The molecular formula is C17H14N2O5S2. The third-order valence-corrected chi connectivity index (χ3v) is 5.44. The summed E-state index contributed by atoms with van der Waals surface area (Å²) in [6.45, 7) is 1.45. The van der Waals surface area contributed by atoms with Crippen LogP contribution in [0.25, 0.3) is 5.57 Å².